The molecule has 1 saturated carbocycles. The summed E-state index contributed by atoms with van der Waals surface area (Å²) in [4.78, 5) is 8.86. The van der Waals surface area contributed by atoms with Crippen LogP contribution in [0.5, 0.6) is 5.88 Å². The summed E-state index contributed by atoms with van der Waals surface area (Å²) < 4.78 is 5.65. The fourth-order valence-electron chi connectivity index (χ4n) is 3.13. The Hall–Kier alpha value is -1.32. The van der Waals surface area contributed by atoms with Gasteiger partial charge in [-0.05, 0) is 45.4 Å². The molecule has 0 radical (unpaired) electrons. The second kappa shape index (κ2) is 7.62. The van der Waals surface area contributed by atoms with Gasteiger partial charge in [-0.25, -0.2) is 4.98 Å². The van der Waals surface area contributed by atoms with Gasteiger partial charge in [-0.3, -0.25) is 0 Å². The van der Waals surface area contributed by atoms with Crippen LogP contribution in [0.25, 0.3) is 0 Å². The molecule has 1 aliphatic carbocycles. The van der Waals surface area contributed by atoms with Crippen LogP contribution in [-0.4, -0.2) is 22.6 Å². The molecule has 1 heterocycles. The van der Waals surface area contributed by atoms with Crippen molar-refractivity contribution < 1.29 is 4.74 Å². The van der Waals surface area contributed by atoms with E-state index in [9.17, 15) is 0 Å². The highest BCUT2D eigenvalue weighted by Crippen LogP contribution is 2.30. The Morgan fingerprint density at radius 2 is 2.14 bits per heavy atom. The monoisotopic (exact) mass is 291 g/mol. The Morgan fingerprint density at radius 1 is 1.33 bits per heavy atom. The van der Waals surface area contributed by atoms with Crippen molar-refractivity contribution in [2.75, 3.05) is 11.9 Å². The van der Waals surface area contributed by atoms with E-state index in [0.717, 1.165) is 24.1 Å². The maximum atomic E-state index is 5.65. The molecule has 0 amide bonds. The van der Waals surface area contributed by atoms with Crippen LogP contribution in [0.2, 0.25) is 0 Å². The highest BCUT2D eigenvalue weighted by Gasteiger charge is 2.18. The van der Waals surface area contributed by atoms with Gasteiger partial charge in [-0.1, -0.05) is 26.2 Å². The smallest absolute Gasteiger partial charge is 0.226 e. The molecule has 1 fully saturated rings. The second-order valence-electron chi connectivity index (χ2n) is 6.69. The number of aryl methyl sites for hydroxylation is 1. The number of hydrogen-bond donors (Lipinski definition) is 1. The fraction of sp³-hybridized carbons (Fsp3) is 0.765. The quantitative estimate of drug-likeness (QED) is 0.853. The summed E-state index contributed by atoms with van der Waals surface area (Å²) in [7, 11) is 0. The first-order valence-corrected chi connectivity index (χ1v) is 8.29. The normalized spacial score (nSPS) is 22.3. The van der Waals surface area contributed by atoms with Gasteiger partial charge in [0.05, 0.1) is 6.10 Å². The molecule has 2 unspecified atom stereocenters. The van der Waals surface area contributed by atoms with Crippen molar-refractivity contribution in [2.24, 2.45) is 11.8 Å². The Labute approximate surface area is 128 Å². The van der Waals surface area contributed by atoms with Crippen molar-refractivity contribution >= 4 is 5.95 Å². The highest BCUT2D eigenvalue weighted by atomic mass is 16.5. The van der Waals surface area contributed by atoms with Gasteiger partial charge >= 0.3 is 0 Å². The highest BCUT2D eigenvalue weighted by molar-refractivity contribution is 5.30. The van der Waals surface area contributed by atoms with Crippen molar-refractivity contribution in [3.63, 3.8) is 0 Å². The minimum Gasteiger partial charge on any atom is -0.475 e. The summed E-state index contributed by atoms with van der Waals surface area (Å²) in [6.07, 6.45) is 6.89. The number of nitrogens with one attached hydrogen (secondary N) is 1. The summed E-state index contributed by atoms with van der Waals surface area (Å²) >= 11 is 0. The number of nitrogens with zero attached hydrogens (tertiary/aromatic N) is 2. The van der Waals surface area contributed by atoms with Crippen LogP contribution < -0.4 is 10.1 Å². The predicted molar refractivity (Wildman–Crippen MR) is 86.8 cm³/mol. The molecule has 0 spiro atoms. The van der Waals surface area contributed by atoms with Crippen LogP contribution >= 0.6 is 0 Å². The molecule has 2 rings (SSSR count). The first-order valence-electron chi connectivity index (χ1n) is 8.29. The first kappa shape index (κ1) is 16.1. The van der Waals surface area contributed by atoms with Crippen LogP contribution in [0.1, 0.15) is 58.6 Å². The summed E-state index contributed by atoms with van der Waals surface area (Å²) in [6.45, 7) is 9.31. The van der Waals surface area contributed by atoms with E-state index in [2.05, 4.69) is 22.2 Å². The molecule has 1 aromatic heterocycles. The number of hydrogen-bond acceptors (Lipinski definition) is 4. The lowest BCUT2D eigenvalue weighted by Crippen LogP contribution is -2.17. The predicted octanol–water partition coefficient (Wildman–Crippen LogP) is 4.20. The Bertz CT molecular complexity index is 448. The van der Waals surface area contributed by atoms with Gasteiger partial charge in [-0.15, -0.1) is 0 Å². The zero-order valence-electron chi connectivity index (χ0n) is 13.9. The molecule has 4 nitrogen and oxygen atoms in total. The first-order chi connectivity index (χ1) is 10.0. The molecule has 0 saturated heterocycles. The standard InChI is InChI=1S/C17H29N3O/c1-12(2)21-16-11-14(4)19-17(20-16)18-9-8-15-7-5-6-13(3)10-15/h11-13,15H,5-10H2,1-4H3,(H,18,19,20). The lowest BCUT2D eigenvalue weighted by molar-refractivity contribution is 0.232. The third kappa shape index (κ3) is 5.52. The zero-order chi connectivity index (χ0) is 15.2. The molecule has 118 valence electrons. The molecule has 0 aliphatic heterocycles. The summed E-state index contributed by atoms with van der Waals surface area (Å²) in [5, 5.41) is 3.36. The molecule has 0 aromatic carbocycles. The van der Waals surface area contributed by atoms with Gasteiger partial charge in [0.25, 0.3) is 0 Å². The minimum atomic E-state index is 0.135. The van der Waals surface area contributed by atoms with Gasteiger partial charge in [0.1, 0.15) is 0 Å². The van der Waals surface area contributed by atoms with E-state index >= 15 is 0 Å². The zero-order valence-corrected chi connectivity index (χ0v) is 13.9. The maximum absolute atomic E-state index is 5.65. The molecule has 1 aliphatic rings. The topological polar surface area (TPSA) is 47.0 Å². The van der Waals surface area contributed by atoms with E-state index in [1.807, 2.05) is 26.8 Å². The van der Waals surface area contributed by atoms with E-state index in [1.54, 1.807) is 0 Å². The molecule has 4 heteroatoms. The number of rotatable bonds is 6. The number of aromatic nitrogens is 2. The number of ether oxygens (including phenoxy) is 1. The van der Waals surface area contributed by atoms with Crippen molar-refractivity contribution in [3.05, 3.63) is 11.8 Å². The molecule has 0 bridgehead atoms. The molecular formula is C17H29N3O. The summed E-state index contributed by atoms with van der Waals surface area (Å²) in [6, 6.07) is 1.88. The third-order valence-corrected chi connectivity index (χ3v) is 4.07. The molecule has 2 atom stereocenters. The summed E-state index contributed by atoms with van der Waals surface area (Å²) in [5.41, 5.74) is 0.939. The van der Waals surface area contributed by atoms with Crippen LogP contribution in [0.3, 0.4) is 0 Å². The van der Waals surface area contributed by atoms with Crippen molar-refractivity contribution in [1.82, 2.24) is 9.97 Å². The van der Waals surface area contributed by atoms with Crippen LogP contribution in [0.4, 0.5) is 5.95 Å². The van der Waals surface area contributed by atoms with E-state index in [4.69, 9.17) is 4.74 Å². The van der Waals surface area contributed by atoms with Gasteiger partial charge in [0.2, 0.25) is 11.8 Å². The Balaban J connectivity index is 1.83. The van der Waals surface area contributed by atoms with Gasteiger partial charge in [-0.2, -0.15) is 4.98 Å². The largest absolute Gasteiger partial charge is 0.475 e. The van der Waals surface area contributed by atoms with Gasteiger partial charge in [0, 0.05) is 18.3 Å². The van der Waals surface area contributed by atoms with Crippen LogP contribution in [0.15, 0.2) is 6.07 Å². The second-order valence-corrected chi connectivity index (χ2v) is 6.69. The van der Waals surface area contributed by atoms with Crippen LogP contribution in [0, 0.1) is 18.8 Å². The van der Waals surface area contributed by atoms with E-state index in [0.29, 0.717) is 11.8 Å². The molecule has 1 aromatic rings. The SMILES string of the molecule is Cc1cc(OC(C)C)nc(NCCC2CCCC(C)C2)n1. The average molecular weight is 291 g/mol. The van der Waals surface area contributed by atoms with Crippen molar-refractivity contribution in [3.8, 4) is 5.88 Å². The van der Waals surface area contributed by atoms with E-state index < -0.39 is 0 Å². The van der Waals surface area contributed by atoms with E-state index in [1.165, 1.54) is 32.1 Å². The summed E-state index contributed by atoms with van der Waals surface area (Å²) in [5.74, 6) is 3.10. The lowest BCUT2D eigenvalue weighted by Gasteiger charge is -2.26. The van der Waals surface area contributed by atoms with Gasteiger partial charge in [0.15, 0.2) is 0 Å². The molecule has 1 N–H and O–H groups in total. The maximum Gasteiger partial charge on any atom is 0.226 e. The third-order valence-electron chi connectivity index (χ3n) is 4.07. The fourth-order valence-corrected chi connectivity index (χ4v) is 3.13. The average Bonchev–Trinajstić information content (AvgIpc) is 2.37. The number of anilines is 1. The Morgan fingerprint density at radius 3 is 2.86 bits per heavy atom. The van der Waals surface area contributed by atoms with E-state index in [-0.39, 0.29) is 6.10 Å². The van der Waals surface area contributed by atoms with Crippen molar-refractivity contribution in [2.45, 2.75) is 65.9 Å². The van der Waals surface area contributed by atoms with Crippen LogP contribution in [-0.2, 0) is 0 Å². The molecular weight excluding hydrogens is 262 g/mol. The molecule has 21 heavy (non-hydrogen) atoms. The van der Waals surface area contributed by atoms with Crippen molar-refractivity contribution in [1.29, 1.82) is 0 Å². The minimum absolute atomic E-state index is 0.135. The Kier molecular flexibility index (Phi) is 5.83. The lowest BCUT2D eigenvalue weighted by atomic mass is 9.81. The van der Waals surface area contributed by atoms with Gasteiger partial charge < -0.3 is 10.1 Å².